The average molecular weight is 273 g/mol. The highest BCUT2D eigenvalue weighted by atomic mass is 35.5. The van der Waals surface area contributed by atoms with Gasteiger partial charge >= 0.3 is 5.97 Å². The van der Waals surface area contributed by atoms with Gasteiger partial charge in [0.05, 0.1) is 10.6 Å². The van der Waals surface area contributed by atoms with Crippen molar-refractivity contribution in [1.82, 2.24) is 9.97 Å². The molecule has 0 unspecified atom stereocenters. The fourth-order valence-corrected chi connectivity index (χ4v) is 2.86. The lowest BCUT2D eigenvalue weighted by molar-refractivity contribution is 0.0696. The molecule has 0 bridgehead atoms. The third kappa shape index (κ3) is 2.34. The van der Waals surface area contributed by atoms with Crippen LogP contribution in [0, 0.1) is 0 Å². The van der Waals surface area contributed by atoms with Crippen LogP contribution in [0.2, 0.25) is 5.02 Å². The van der Waals surface area contributed by atoms with Crippen molar-refractivity contribution in [3.63, 3.8) is 0 Å². The second kappa shape index (κ2) is 4.82. The predicted octanol–water partition coefficient (Wildman–Crippen LogP) is 3.04. The van der Waals surface area contributed by atoms with Crippen molar-refractivity contribution >= 4 is 40.7 Å². The SMILES string of the molecule is O=C(O)c1ccnc(Sc2nccs2)c1Cl. The minimum atomic E-state index is -1.06. The third-order valence-corrected chi connectivity index (χ3v) is 4.06. The highest BCUT2D eigenvalue weighted by Gasteiger charge is 2.14. The monoisotopic (exact) mass is 272 g/mol. The van der Waals surface area contributed by atoms with Gasteiger partial charge in [-0.25, -0.2) is 14.8 Å². The Hall–Kier alpha value is -1.11. The number of halogens is 1. The third-order valence-electron chi connectivity index (χ3n) is 1.68. The minimum absolute atomic E-state index is 0.0516. The smallest absolute Gasteiger partial charge is 0.337 e. The molecular formula is C9H5ClN2O2S2. The number of nitrogens with zero attached hydrogens (tertiary/aromatic N) is 2. The number of pyridine rings is 1. The molecule has 0 aliphatic rings. The first kappa shape index (κ1) is 11.4. The van der Waals surface area contributed by atoms with Crippen LogP contribution in [0.4, 0.5) is 0 Å². The number of hydrogen-bond donors (Lipinski definition) is 1. The Kier molecular flexibility index (Phi) is 3.42. The van der Waals surface area contributed by atoms with E-state index in [2.05, 4.69) is 9.97 Å². The molecule has 1 N–H and O–H groups in total. The summed E-state index contributed by atoms with van der Waals surface area (Å²) in [5.74, 6) is -1.06. The van der Waals surface area contributed by atoms with E-state index < -0.39 is 5.97 Å². The van der Waals surface area contributed by atoms with Gasteiger partial charge < -0.3 is 5.11 Å². The van der Waals surface area contributed by atoms with E-state index in [1.54, 1.807) is 6.20 Å². The van der Waals surface area contributed by atoms with Crippen molar-refractivity contribution in [2.75, 3.05) is 0 Å². The van der Waals surface area contributed by atoms with Gasteiger partial charge in [-0.3, -0.25) is 0 Å². The van der Waals surface area contributed by atoms with E-state index in [0.29, 0.717) is 5.03 Å². The molecule has 0 fully saturated rings. The van der Waals surface area contributed by atoms with Crippen LogP contribution in [0.25, 0.3) is 0 Å². The maximum absolute atomic E-state index is 10.8. The van der Waals surface area contributed by atoms with Crippen LogP contribution in [-0.2, 0) is 0 Å². The molecule has 0 radical (unpaired) electrons. The Bertz CT molecular complexity index is 516. The number of rotatable bonds is 3. The van der Waals surface area contributed by atoms with E-state index in [0.717, 1.165) is 4.34 Å². The van der Waals surface area contributed by atoms with E-state index in [1.165, 1.54) is 35.4 Å². The van der Waals surface area contributed by atoms with Crippen molar-refractivity contribution < 1.29 is 9.90 Å². The summed E-state index contributed by atoms with van der Waals surface area (Å²) in [6.07, 6.45) is 3.09. The molecule has 4 nitrogen and oxygen atoms in total. The molecule has 0 aromatic carbocycles. The zero-order valence-electron chi connectivity index (χ0n) is 7.75. The molecule has 0 atom stereocenters. The van der Waals surface area contributed by atoms with Gasteiger partial charge in [-0.2, -0.15) is 0 Å². The van der Waals surface area contributed by atoms with Gasteiger partial charge in [0, 0.05) is 17.8 Å². The molecule has 2 aromatic rings. The highest BCUT2D eigenvalue weighted by Crippen LogP contribution is 2.34. The van der Waals surface area contributed by atoms with Gasteiger partial charge in [0.2, 0.25) is 0 Å². The van der Waals surface area contributed by atoms with E-state index in [-0.39, 0.29) is 10.6 Å². The fraction of sp³-hybridized carbons (Fsp3) is 0. The van der Waals surface area contributed by atoms with Crippen LogP contribution in [0.3, 0.4) is 0 Å². The van der Waals surface area contributed by atoms with Crippen molar-refractivity contribution in [3.05, 3.63) is 34.4 Å². The molecule has 7 heteroatoms. The van der Waals surface area contributed by atoms with Crippen molar-refractivity contribution in [1.29, 1.82) is 0 Å². The van der Waals surface area contributed by atoms with Crippen LogP contribution < -0.4 is 0 Å². The number of carboxylic acid groups (broad SMARTS) is 1. The Morgan fingerprint density at radius 2 is 2.25 bits per heavy atom. The number of carbonyl (C=O) groups is 1. The Morgan fingerprint density at radius 3 is 2.88 bits per heavy atom. The number of hydrogen-bond acceptors (Lipinski definition) is 5. The maximum Gasteiger partial charge on any atom is 0.337 e. The first-order valence-corrected chi connectivity index (χ1v) is 6.21. The molecule has 0 saturated heterocycles. The lowest BCUT2D eigenvalue weighted by Gasteiger charge is -2.02. The second-order valence-corrected chi connectivity index (χ2v) is 5.19. The summed E-state index contributed by atoms with van der Waals surface area (Å²) in [6, 6.07) is 1.37. The van der Waals surface area contributed by atoms with Gasteiger partial charge in [0.1, 0.15) is 5.03 Å². The molecule has 0 saturated carbocycles. The molecular weight excluding hydrogens is 268 g/mol. The quantitative estimate of drug-likeness (QED) is 0.930. The summed E-state index contributed by atoms with van der Waals surface area (Å²) >= 11 is 8.63. The van der Waals surface area contributed by atoms with Crippen molar-refractivity contribution in [2.45, 2.75) is 9.37 Å². The standard InChI is InChI=1S/C9H5ClN2O2S2/c10-6-5(8(13)14)1-2-11-7(6)16-9-12-3-4-15-9/h1-4H,(H,13,14). The first-order valence-electron chi connectivity index (χ1n) is 4.13. The van der Waals surface area contributed by atoms with Crippen LogP contribution in [0.15, 0.2) is 33.2 Å². The van der Waals surface area contributed by atoms with Crippen LogP contribution in [0.1, 0.15) is 10.4 Å². The molecule has 82 valence electrons. The molecule has 2 heterocycles. The van der Waals surface area contributed by atoms with Gasteiger partial charge in [-0.05, 0) is 17.8 Å². The fourth-order valence-electron chi connectivity index (χ4n) is 1.00. The average Bonchev–Trinajstić information content (AvgIpc) is 2.73. The minimum Gasteiger partial charge on any atom is -0.478 e. The zero-order valence-corrected chi connectivity index (χ0v) is 10.1. The van der Waals surface area contributed by atoms with Crippen molar-refractivity contribution in [2.24, 2.45) is 0 Å². The zero-order chi connectivity index (χ0) is 11.5. The number of aromatic carboxylic acids is 1. The first-order chi connectivity index (χ1) is 7.68. The predicted molar refractivity (Wildman–Crippen MR) is 62.4 cm³/mol. The maximum atomic E-state index is 10.8. The van der Waals surface area contributed by atoms with E-state index in [9.17, 15) is 4.79 Å². The summed E-state index contributed by atoms with van der Waals surface area (Å²) < 4.78 is 0.775. The van der Waals surface area contributed by atoms with E-state index in [4.69, 9.17) is 16.7 Å². The largest absolute Gasteiger partial charge is 0.478 e. The normalized spacial score (nSPS) is 10.3. The second-order valence-electron chi connectivity index (χ2n) is 2.68. The number of carboxylic acids is 1. The van der Waals surface area contributed by atoms with Crippen molar-refractivity contribution in [3.8, 4) is 0 Å². The molecule has 16 heavy (non-hydrogen) atoms. The van der Waals surface area contributed by atoms with Crippen LogP contribution in [-0.4, -0.2) is 21.0 Å². The molecule has 0 aliphatic carbocycles. The topological polar surface area (TPSA) is 63.1 Å². The van der Waals surface area contributed by atoms with Gasteiger partial charge in [0.25, 0.3) is 0 Å². The summed E-state index contributed by atoms with van der Waals surface area (Å²) in [7, 11) is 0. The summed E-state index contributed by atoms with van der Waals surface area (Å²) in [6.45, 7) is 0. The van der Waals surface area contributed by atoms with Crippen LogP contribution in [0.5, 0.6) is 0 Å². The molecule has 2 aromatic heterocycles. The highest BCUT2D eigenvalue weighted by molar-refractivity contribution is 8.01. The van der Waals surface area contributed by atoms with Gasteiger partial charge in [0.15, 0.2) is 4.34 Å². The molecule has 2 rings (SSSR count). The van der Waals surface area contributed by atoms with E-state index in [1.807, 2.05) is 5.38 Å². The van der Waals surface area contributed by atoms with Crippen LogP contribution >= 0.6 is 34.7 Å². The Labute approximate surface area is 104 Å². The number of thiazole rings is 1. The number of aromatic nitrogens is 2. The Morgan fingerprint density at radius 1 is 1.44 bits per heavy atom. The summed E-state index contributed by atoms with van der Waals surface area (Å²) in [5, 5.41) is 11.3. The summed E-state index contributed by atoms with van der Waals surface area (Å²) in [4.78, 5) is 18.9. The molecule has 0 amide bonds. The molecule has 0 spiro atoms. The molecule has 0 aliphatic heterocycles. The van der Waals surface area contributed by atoms with Gasteiger partial charge in [-0.1, -0.05) is 11.6 Å². The lowest BCUT2D eigenvalue weighted by Crippen LogP contribution is -1.99. The van der Waals surface area contributed by atoms with E-state index >= 15 is 0 Å². The van der Waals surface area contributed by atoms with Gasteiger partial charge in [-0.15, -0.1) is 11.3 Å². The Balaban J connectivity index is 2.35. The summed E-state index contributed by atoms with van der Waals surface area (Å²) in [5.41, 5.74) is 0.0516. The lowest BCUT2D eigenvalue weighted by atomic mass is 10.3.